The Kier molecular flexibility index (Phi) is 2.76. The Balaban J connectivity index is 2.65. The van der Waals surface area contributed by atoms with Crippen molar-refractivity contribution in [2.45, 2.75) is 51.1 Å². The second kappa shape index (κ2) is 3.32. The first-order valence-electron chi connectivity index (χ1n) is 4.35. The van der Waals surface area contributed by atoms with Crippen molar-refractivity contribution >= 4 is 0 Å². The van der Waals surface area contributed by atoms with Gasteiger partial charge in [0, 0.05) is 13.5 Å². The van der Waals surface area contributed by atoms with Crippen LogP contribution in [0.5, 0.6) is 0 Å². The third kappa shape index (κ3) is 1.97. The van der Waals surface area contributed by atoms with E-state index in [0.29, 0.717) is 0 Å². The average molecular weight is 174 g/mol. The molecular weight excluding hydrogens is 156 g/mol. The maximum atomic E-state index is 9.62. The summed E-state index contributed by atoms with van der Waals surface area (Å²) in [6.45, 7) is 5.90. The summed E-state index contributed by atoms with van der Waals surface area (Å²) in [6.07, 6.45) is 0.0140. The number of rotatable bonds is 1. The van der Waals surface area contributed by atoms with Crippen LogP contribution in [0.1, 0.15) is 27.2 Å². The lowest BCUT2D eigenvalue weighted by Gasteiger charge is -2.41. The summed E-state index contributed by atoms with van der Waals surface area (Å²) in [5.74, 6) is 0. The molecule has 1 rings (SSSR count). The molecule has 0 aromatic carbocycles. The first-order valence-corrected chi connectivity index (χ1v) is 4.35. The lowest BCUT2D eigenvalue weighted by molar-refractivity contribution is -0.202. The van der Waals surface area contributed by atoms with Crippen LogP contribution in [0.25, 0.3) is 0 Å². The summed E-state index contributed by atoms with van der Waals surface area (Å²) in [6, 6.07) is 0. The van der Waals surface area contributed by atoms with E-state index in [2.05, 4.69) is 0 Å². The first kappa shape index (κ1) is 9.96. The van der Waals surface area contributed by atoms with E-state index >= 15 is 0 Å². The van der Waals surface area contributed by atoms with Gasteiger partial charge in [-0.3, -0.25) is 0 Å². The molecule has 0 spiro atoms. The van der Waals surface area contributed by atoms with Gasteiger partial charge in [0.15, 0.2) is 0 Å². The van der Waals surface area contributed by atoms with Crippen LogP contribution in [0.3, 0.4) is 0 Å². The Morgan fingerprint density at radius 3 is 2.58 bits per heavy atom. The molecular formula is C9H18O3. The fraction of sp³-hybridized carbons (Fsp3) is 1.00. The summed E-state index contributed by atoms with van der Waals surface area (Å²) in [5, 5.41) is 9.62. The quantitative estimate of drug-likeness (QED) is 0.643. The number of ether oxygens (including phenoxy) is 2. The summed E-state index contributed by atoms with van der Waals surface area (Å²) in [5.41, 5.74) is -0.181. The van der Waals surface area contributed by atoms with E-state index in [0.717, 1.165) is 6.42 Å². The first-order chi connectivity index (χ1) is 5.46. The highest BCUT2D eigenvalue weighted by atomic mass is 16.5. The van der Waals surface area contributed by atoms with Crippen molar-refractivity contribution < 1.29 is 14.6 Å². The molecule has 1 fully saturated rings. The van der Waals surface area contributed by atoms with Crippen LogP contribution in [-0.2, 0) is 9.47 Å². The molecule has 12 heavy (non-hydrogen) atoms. The van der Waals surface area contributed by atoms with Gasteiger partial charge in [-0.25, -0.2) is 0 Å². The van der Waals surface area contributed by atoms with Crippen LogP contribution in [0.15, 0.2) is 0 Å². The SMILES string of the molecule is CO[C@H]1CC(C)(C)O[C@@H](C)[C@@H]1O. The zero-order chi connectivity index (χ0) is 9.35. The predicted molar refractivity (Wildman–Crippen MR) is 46.0 cm³/mol. The molecule has 0 saturated carbocycles. The van der Waals surface area contributed by atoms with Crippen LogP contribution in [0, 0.1) is 0 Å². The van der Waals surface area contributed by atoms with Gasteiger partial charge in [0.2, 0.25) is 0 Å². The van der Waals surface area contributed by atoms with Gasteiger partial charge in [0.25, 0.3) is 0 Å². The van der Waals surface area contributed by atoms with Crippen molar-refractivity contribution in [3.63, 3.8) is 0 Å². The Morgan fingerprint density at radius 1 is 1.50 bits per heavy atom. The zero-order valence-corrected chi connectivity index (χ0v) is 8.20. The molecule has 1 aliphatic heterocycles. The van der Waals surface area contributed by atoms with Gasteiger partial charge in [-0.1, -0.05) is 0 Å². The Bertz CT molecular complexity index is 156. The summed E-state index contributed by atoms with van der Waals surface area (Å²) < 4.78 is 10.8. The maximum Gasteiger partial charge on any atom is 0.106 e. The van der Waals surface area contributed by atoms with Crippen LogP contribution >= 0.6 is 0 Å². The van der Waals surface area contributed by atoms with E-state index in [-0.39, 0.29) is 17.8 Å². The molecule has 3 heteroatoms. The highest BCUT2D eigenvalue weighted by Crippen LogP contribution is 2.29. The van der Waals surface area contributed by atoms with Gasteiger partial charge in [-0.2, -0.15) is 0 Å². The second-order valence-electron chi connectivity index (χ2n) is 4.05. The third-order valence-electron chi connectivity index (χ3n) is 2.36. The molecule has 0 radical (unpaired) electrons. The monoisotopic (exact) mass is 174 g/mol. The zero-order valence-electron chi connectivity index (χ0n) is 8.20. The number of hydrogen-bond acceptors (Lipinski definition) is 3. The molecule has 0 aromatic rings. The molecule has 0 aromatic heterocycles. The van der Waals surface area contributed by atoms with Crippen molar-refractivity contribution in [2.24, 2.45) is 0 Å². The summed E-state index contributed by atoms with van der Waals surface area (Å²) in [4.78, 5) is 0. The summed E-state index contributed by atoms with van der Waals surface area (Å²) >= 11 is 0. The van der Waals surface area contributed by atoms with Crippen LogP contribution in [0.4, 0.5) is 0 Å². The molecule has 3 nitrogen and oxygen atoms in total. The van der Waals surface area contributed by atoms with Crippen molar-refractivity contribution in [2.75, 3.05) is 7.11 Å². The minimum absolute atomic E-state index is 0.0938. The molecule has 0 bridgehead atoms. The van der Waals surface area contributed by atoms with Crippen molar-refractivity contribution in [1.82, 2.24) is 0 Å². The smallest absolute Gasteiger partial charge is 0.106 e. The maximum absolute atomic E-state index is 9.62. The van der Waals surface area contributed by atoms with Gasteiger partial charge in [-0.05, 0) is 20.8 Å². The standard InChI is InChI=1S/C9H18O3/c1-6-8(10)7(11-4)5-9(2,3)12-6/h6-8,10H,5H2,1-4H3/t6-,7-,8-/m0/s1. The Morgan fingerprint density at radius 2 is 2.08 bits per heavy atom. The van der Waals surface area contributed by atoms with Gasteiger partial charge < -0.3 is 14.6 Å². The number of aliphatic hydroxyl groups is 1. The fourth-order valence-electron chi connectivity index (χ4n) is 1.75. The summed E-state index contributed by atoms with van der Waals surface area (Å²) in [7, 11) is 1.63. The van der Waals surface area contributed by atoms with E-state index in [4.69, 9.17) is 9.47 Å². The molecule has 0 aliphatic carbocycles. The molecule has 1 aliphatic rings. The van der Waals surface area contributed by atoms with Gasteiger partial charge in [0.05, 0.1) is 17.8 Å². The highest BCUT2D eigenvalue weighted by molar-refractivity contribution is 4.88. The molecule has 72 valence electrons. The number of methoxy groups -OCH3 is 1. The van der Waals surface area contributed by atoms with Gasteiger partial charge in [0.1, 0.15) is 6.10 Å². The third-order valence-corrected chi connectivity index (χ3v) is 2.36. The average Bonchev–Trinajstić information content (AvgIpc) is 1.96. The predicted octanol–water partition coefficient (Wildman–Crippen LogP) is 0.950. The van der Waals surface area contributed by atoms with Gasteiger partial charge >= 0.3 is 0 Å². The number of aliphatic hydroxyl groups excluding tert-OH is 1. The van der Waals surface area contributed by atoms with Crippen LogP contribution in [0.2, 0.25) is 0 Å². The number of hydrogen-bond donors (Lipinski definition) is 1. The van der Waals surface area contributed by atoms with Crippen molar-refractivity contribution in [3.8, 4) is 0 Å². The van der Waals surface area contributed by atoms with Crippen LogP contribution in [-0.4, -0.2) is 36.1 Å². The van der Waals surface area contributed by atoms with E-state index in [1.807, 2.05) is 20.8 Å². The molecule has 3 atom stereocenters. The van der Waals surface area contributed by atoms with E-state index < -0.39 is 6.10 Å². The van der Waals surface area contributed by atoms with Gasteiger partial charge in [-0.15, -0.1) is 0 Å². The normalized spacial score (nSPS) is 41.2. The minimum atomic E-state index is -0.497. The largest absolute Gasteiger partial charge is 0.388 e. The topological polar surface area (TPSA) is 38.7 Å². The molecule has 0 unspecified atom stereocenters. The minimum Gasteiger partial charge on any atom is -0.388 e. The molecule has 0 amide bonds. The van der Waals surface area contributed by atoms with E-state index in [1.165, 1.54) is 0 Å². The van der Waals surface area contributed by atoms with E-state index in [1.54, 1.807) is 7.11 Å². The Labute approximate surface area is 73.7 Å². The molecule has 1 N–H and O–H groups in total. The van der Waals surface area contributed by atoms with Crippen molar-refractivity contribution in [1.29, 1.82) is 0 Å². The molecule has 1 heterocycles. The lowest BCUT2D eigenvalue weighted by Crippen LogP contribution is -2.51. The highest BCUT2D eigenvalue weighted by Gasteiger charge is 2.39. The second-order valence-corrected chi connectivity index (χ2v) is 4.05. The molecule has 1 saturated heterocycles. The van der Waals surface area contributed by atoms with Crippen LogP contribution < -0.4 is 0 Å². The lowest BCUT2D eigenvalue weighted by atomic mass is 9.91. The Hall–Kier alpha value is -0.120. The van der Waals surface area contributed by atoms with Crippen molar-refractivity contribution in [3.05, 3.63) is 0 Å². The fourth-order valence-corrected chi connectivity index (χ4v) is 1.75. The van der Waals surface area contributed by atoms with E-state index in [9.17, 15) is 5.11 Å².